The zero-order valence-corrected chi connectivity index (χ0v) is 12.7. The first-order chi connectivity index (χ1) is 9.99. The molecule has 1 heterocycles. The van der Waals surface area contributed by atoms with Crippen LogP contribution in [0.3, 0.4) is 0 Å². The summed E-state index contributed by atoms with van der Waals surface area (Å²) in [4.78, 5) is 17.2. The molecule has 110 valence electrons. The second-order valence-corrected chi connectivity index (χ2v) is 5.45. The average molecular weight is 305 g/mol. The SMILES string of the molecule is CC(C)N(Cc1ccccc1)c1ncc(C(=O)O)cc1Cl. The monoisotopic (exact) mass is 304 g/mol. The summed E-state index contributed by atoms with van der Waals surface area (Å²) in [6.07, 6.45) is 1.34. The molecule has 0 saturated heterocycles. The number of carbonyl (C=O) groups is 1. The van der Waals surface area contributed by atoms with Gasteiger partial charge in [-0.3, -0.25) is 0 Å². The summed E-state index contributed by atoms with van der Waals surface area (Å²) < 4.78 is 0. The second-order valence-electron chi connectivity index (χ2n) is 5.04. The van der Waals surface area contributed by atoms with Crippen LogP contribution >= 0.6 is 11.6 Å². The van der Waals surface area contributed by atoms with Crippen molar-refractivity contribution in [2.24, 2.45) is 0 Å². The van der Waals surface area contributed by atoms with Crippen LogP contribution in [-0.4, -0.2) is 22.1 Å². The van der Waals surface area contributed by atoms with Gasteiger partial charge in [-0.05, 0) is 25.5 Å². The summed E-state index contributed by atoms with van der Waals surface area (Å²) in [5, 5.41) is 9.32. The van der Waals surface area contributed by atoms with Gasteiger partial charge in [-0.1, -0.05) is 41.9 Å². The molecule has 0 saturated carbocycles. The molecule has 4 nitrogen and oxygen atoms in total. The van der Waals surface area contributed by atoms with Crippen molar-refractivity contribution in [1.29, 1.82) is 0 Å². The lowest BCUT2D eigenvalue weighted by Gasteiger charge is -2.28. The third-order valence-electron chi connectivity index (χ3n) is 3.16. The molecule has 1 aromatic heterocycles. The number of carboxylic acid groups (broad SMARTS) is 1. The number of hydrogen-bond donors (Lipinski definition) is 1. The first kappa shape index (κ1) is 15.3. The van der Waals surface area contributed by atoms with Crippen LogP contribution in [-0.2, 0) is 6.54 Å². The van der Waals surface area contributed by atoms with E-state index < -0.39 is 5.97 Å². The van der Waals surface area contributed by atoms with Crippen molar-refractivity contribution in [2.45, 2.75) is 26.4 Å². The second kappa shape index (κ2) is 6.59. The smallest absolute Gasteiger partial charge is 0.337 e. The molecule has 21 heavy (non-hydrogen) atoms. The van der Waals surface area contributed by atoms with E-state index in [9.17, 15) is 4.79 Å². The predicted octanol–water partition coefficient (Wildman–Crippen LogP) is 3.85. The lowest BCUT2D eigenvalue weighted by atomic mass is 10.2. The van der Waals surface area contributed by atoms with Gasteiger partial charge in [0.2, 0.25) is 0 Å². The number of nitrogens with zero attached hydrogens (tertiary/aromatic N) is 2. The van der Waals surface area contributed by atoms with E-state index >= 15 is 0 Å². The van der Waals surface area contributed by atoms with E-state index in [2.05, 4.69) is 4.98 Å². The van der Waals surface area contributed by atoms with Crippen molar-refractivity contribution in [2.75, 3.05) is 4.90 Å². The summed E-state index contributed by atoms with van der Waals surface area (Å²) >= 11 is 6.21. The molecule has 0 bridgehead atoms. The third kappa shape index (κ3) is 3.73. The molecule has 0 aliphatic heterocycles. The minimum atomic E-state index is -1.03. The van der Waals surface area contributed by atoms with Crippen LogP contribution in [0.1, 0.15) is 29.8 Å². The van der Waals surface area contributed by atoms with Crippen LogP contribution in [0.2, 0.25) is 5.02 Å². The number of anilines is 1. The van der Waals surface area contributed by atoms with Crippen LogP contribution in [0.4, 0.5) is 5.82 Å². The maximum atomic E-state index is 10.9. The number of benzene rings is 1. The molecule has 2 aromatic rings. The summed E-state index contributed by atoms with van der Waals surface area (Å²) in [6.45, 7) is 4.76. The quantitative estimate of drug-likeness (QED) is 0.911. The highest BCUT2D eigenvalue weighted by atomic mass is 35.5. The van der Waals surface area contributed by atoms with Gasteiger partial charge in [0.25, 0.3) is 0 Å². The lowest BCUT2D eigenvalue weighted by molar-refractivity contribution is 0.0696. The molecule has 0 atom stereocenters. The predicted molar refractivity (Wildman–Crippen MR) is 84.0 cm³/mol. The molecule has 1 aromatic carbocycles. The van der Waals surface area contributed by atoms with E-state index in [0.29, 0.717) is 17.4 Å². The first-order valence-electron chi connectivity index (χ1n) is 6.68. The van der Waals surface area contributed by atoms with Crippen molar-refractivity contribution in [1.82, 2.24) is 4.98 Å². The molecule has 1 N–H and O–H groups in total. The van der Waals surface area contributed by atoms with Crippen LogP contribution in [0.15, 0.2) is 42.6 Å². The van der Waals surface area contributed by atoms with Crippen LogP contribution < -0.4 is 4.90 Å². The normalized spacial score (nSPS) is 10.7. The molecule has 0 aliphatic carbocycles. The topological polar surface area (TPSA) is 53.4 Å². The summed E-state index contributed by atoms with van der Waals surface area (Å²) in [5.41, 5.74) is 1.23. The lowest BCUT2D eigenvalue weighted by Crippen LogP contribution is -2.31. The maximum absolute atomic E-state index is 10.9. The minimum Gasteiger partial charge on any atom is -0.478 e. The highest BCUT2D eigenvalue weighted by Crippen LogP contribution is 2.27. The van der Waals surface area contributed by atoms with Gasteiger partial charge in [0.15, 0.2) is 0 Å². The van der Waals surface area contributed by atoms with Crippen molar-refractivity contribution in [3.63, 3.8) is 0 Å². The number of hydrogen-bond acceptors (Lipinski definition) is 3. The molecular weight excluding hydrogens is 288 g/mol. The Hall–Kier alpha value is -2.07. The van der Waals surface area contributed by atoms with E-state index in [1.807, 2.05) is 49.1 Å². The molecule has 0 amide bonds. The van der Waals surface area contributed by atoms with Gasteiger partial charge >= 0.3 is 5.97 Å². The fraction of sp³-hybridized carbons (Fsp3) is 0.250. The average Bonchev–Trinajstić information content (AvgIpc) is 2.46. The Kier molecular flexibility index (Phi) is 4.81. The van der Waals surface area contributed by atoms with Crippen molar-refractivity contribution < 1.29 is 9.90 Å². The van der Waals surface area contributed by atoms with Gasteiger partial charge in [0.05, 0.1) is 10.6 Å². The van der Waals surface area contributed by atoms with E-state index in [1.165, 1.54) is 12.3 Å². The fourth-order valence-corrected chi connectivity index (χ4v) is 2.32. The summed E-state index contributed by atoms with van der Waals surface area (Å²) in [7, 11) is 0. The highest BCUT2D eigenvalue weighted by Gasteiger charge is 2.17. The van der Waals surface area contributed by atoms with Gasteiger partial charge in [-0.15, -0.1) is 0 Å². The number of rotatable bonds is 5. The molecule has 0 radical (unpaired) electrons. The Morgan fingerprint density at radius 1 is 1.33 bits per heavy atom. The number of carboxylic acids is 1. The van der Waals surface area contributed by atoms with Gasteiger partial charge < -0.3 is 10.0 Å². The van der Waals surface area contributed by atoms with E-state index in [4.69, 9.17) is 16.7 Å². The Balaban J connectivity index is 2.32. The molecule has 2 rings (SSSR count). The zero-order valence-electron chi connectivity index (χ0n) is 12.0. The zero-order chi connectivity index (χ0) is 15.4. The molecular formula is C16H17ClN2O2. The van der Waals surface area contributed by atoms with E-state index in [1.54, 1.807) is 0 Å². The largest absolute Gasteiger partial charge is 0.478 e. The fourth-order valence-electron chi connectivity index (χ4n) is 2.04. The van der Waals surface area contributed by atoms with Gasteiger partial charge in [-0.2, -0.15) is 0 Å². The number of aromatic carboxylic acids is 1. The highest BCUT2D eigenvalue weighted by molar-refractivity contribution is 6.33. The molecule has 0 aliphatic rings. The van der Waals surface area contributed by atoms with Gasteiger partial charge in [0.1, 0.15) is 5.82 Å². The molecule has 0 unspecified atom stereocenters. The van der Waals surface area contributed by atoms with E-state index in [0.717, 1.165) is 5.56 Å². The Morgan fingerprint density at radius 3 is 2.52 bits per heavy atom. The van der Waals surface area contributed by atoms with Gasteiger partial charge in [-0.25, -0.2) is 9.78 Å². The first-order valence-corrected chi connectivity index (χ1v) is 7.06. The Morgan fingerprint density at radius 2 is 2.00 bits per heavy atom. The molecule has 0 fully saturated rings. The third-order valence-corrected chi connectivity index (χ3v) is 3.44. The summed E-state index contributed by atoms with van der Waals surface area (Å²) in [5.74, 6) is -0.435. The van der Waals surface area contributed by atoms with Gasteiger partial charge in [0, 0.05) is 18.8 Å². The summed E-state index contributed by atoms with van der Waals surface area (Å²) in [6, 6.07) is 11.6. The van der Waals surface area contributed by atoms with Crippen molar-refractivity contribution in [3.05, 3.63) is 58.7 Å². The van der Waals surface area contributed by atoms with Crippen molar-refractivity contribution in [3.8, 4) is 0 Å². The molecule has 0 spiro atoms. The van der Waals surface area contributed by atoms with Crippen LogP contribution in [0, 0.1) is 0 Å². The number of aromatic nitrogens is 1. The Labute approximate surface area is 129 Å². The van der Waals surface area contributed by atoms with Crippen LogP contribution in [0.25, 0.3) is 0 Å². The number of pyridine rings is 1. The number of halogens is 1. The van der Waals surface area contributed by atoms with E-state index in [-0.39, 0.29) is 11.6 Å². The maximum Gasteiger partial charge on any atom is 0.337 e. The van der Waals surface area contributed by atoms with Crippen LogP contribution in [0.5, 0.6) is 0 Å². The molecule has 5 heteroatoms. The standard InChI is InChI=1S/C16H17ClN2O2/c1-11(2)19(10-12-6-4-3-5-7-12)15-14(17)8-13(9-18-15)16(20)21/h3-9,11H,10H2,1-2H3,(H,20,21). The Bertz CT molecular complexity index is 629. The minimum absolute atomic E-state index is 0.0900. The van der Waals surface area contributed by atoms with Crippen molar-refractivity contribution >= 4 is 23.4 Å².